The van der Waals surface area contributed by atoms with E-state index < -0.39 is 32.5 Å². The van der Waals surface area contributed by atoms with Gasteiger partial charge in [0.25, 0.3) is 20.0 Å². The highest BCUT2D eigenvalue weighted by atomic mass is 79.9. The molecular formula is C24H20BrN5O5S2. The van der Waals surface area contributed by atoms with Gasteiger partial charge in [-0.05, 0) is 60.7 Å². The molecule has 37 heavy (non-hydrogen) atoms. The normalized spacial score (nSPS) is 11.5. The highest BCUT2D eigenvalue weighted by molar-refractivity contribution is 9.10. The zero-order valence-electron chi connectivity index (χ0n) is 19.0. The maximum absolute atomic E-state index is 13.4. The molecule has 190 valence electrons. The maximum Gasteiger partial charge on any atom is 0.264 e. The van der Waals surface area contributed by atoms with E-state index in [9.17, 15) is 21.6 Å². The molecule has 0 fully saturated rings. The van der Waals surface area contributed by atoms with Crippen molar-refractivity contribution < 1.29 is 21.6 Å². The molecular weight excluding hydrogens is 582 g/mol. The molecule has 1 aromatic heterocycles. The van der Waals surface area contributed by atoms with E-state index in [0.717, 1.165) is 4.31 Å². The van der Waals surface area contributed by atoms with E-state index in [-0.39, 0.29) is 21.4 Å². The topological polar surface area (TPSA) is 138 Å². The first kappa shape index (κ1) is 26.3. The average molecular weight is 602 g/mol. The Morgan fingerprint density at radius 2 is 1.49 bits per heavy atom. The minimum atomic E-state index is -4.06. The summed E-state index contributed by atoms with van der Waals surface area (Å²) in [6.45, 7) is -0.513. The molecule has 0 aliphatic rings. The van der Waals surface area contributed by atoms with Crippen molar-refractivity contribution >= 4 is 59.2 Å². The summed E-state index contributed by atoms with van der Waals surface area (Å²) in [5.74, 6) is -0.696. The zero-order valence-corrected chi connectivity index (χ0v) is 22.2. The number of nitrogens with zero attached hydrogens (tertiary/aromatic N) is 3. The third-order valence-electron chi connectivity index (χ3n) is 4.95. The fourth-order valence-corrected chi connectivity index (χ4v) is 6.02. The molecule has 0 radical (unpaired) electrons. The van der Waals surface area contributed by atoms with Gasteiger partial charge >= 0.3 is 0 Å². The van der Waals surface area contributed by atoms with Crippen LogP contribution in [0.1, 0.15) is 0 Å². The molecule has 1 heterocycles. The molecule has 0 aliphatic heterocycles. The molecule has 0 aliphatic carbocycles. The quantitative estimate of drug-likeness (QED) is 0.297. The lowest BCUT2D eigenvalue weighted by Gasteiger charge is -2.24. The van der Waals surface area contributed by atoms with Gasteiger partial charge in [0.15, 0.2) is 0 Å². The summed E-state index contributed by atoms with van der Waals surface area (Å²) in [6.07, 6.45) is 2.80. The van der Waals surface area contributed by atoms with Crippen molar-refractivity contribution in [3.8, 4) is 0 Å². The monoisotopic (exact) mass is 601 g/mol. The molecule has 13 heteroatoms. The molecule has 0 bridgehead atoms. The number of nitrogens with one attached hydrogen (secondary N) is 2. The van der Waals surface area contributed by atoms with Crippen LogP contribution in [0.25, 0.3) is 0 Å². The summed E-state index contributed by atoms with van der Waals surface area (Å²) in [5.41, 5.74) is 0.579. The molecule has 10 nitrogen and oxygen atoms in total. The second-order valence-corrected chi connectivity index (χ2v) is 12.0. The molecule has 2 N–H and O–H groups in total. The molecule has 0 atom stereocenters. The largest absolute Gasteiger partial charge is 0.325 e. The number of carbonyl (C=O) groups is 1. The van der Waals surface area contributed by atoms with Crippen molar-refractivity contribution in [1.82, 2.24) is 9.97 Å². The van der Waals surface area contributed by atoms with Gasteiger partial charge in [-0.15, -0.1) is 0 Å². The Hall–Kier alpha value is -3.81. The first-order chi connectivity index (χ1) is 17.6. The van der Waals surface area contributed by atoms with Crippen molar-refractivity contribution in [1.29, 1.82) is 0 Å². The van der Waals surface area contributed by atoms with Gasteiger partial charge in [-0.1, -0.05) is 40.2 Å². The number of anilines is 3. The standard InChI is InChI=1S/C24H20BrN5O5S2/c25-18-6-4-7-20(16-18)30(37(34,35)22-8-2-1-3-9-22)17-23(31)28-19-10-12-21(13-11-19)36(32,33)29-24-26-14-5-15-27-24/h1-16H,17H2,(H,28,31)(H,26,27,29). The number of benzene rings is 3. The summed E-state index contributed by atoms with van der Waals surface area (Å²) in [6, 6.07) is 21.3. The number of hydrogen-bond acceptors (Lipinski definition) is 7. The van der Waals surface area contributed by atoms with Crippen LogP contribution in [0.3, 0.4) is 0 Å². The van der Waals surface area contributed by atoms with Crippen LogP contribution >= 0.6 is 15.9 Å². The summed E-state index contributed by atoms with van der Waals surface area (Å²) in [7, 11) is -8.01. The van der Waals surface area contributed by atoms with Gasteiger partial charge in [0.1, 0.15) is 6.54 Å². The van der Waals surface area contributed by atoms with Gasteiger partial charge in [-0.25, -0.2) is 31.5 Å². The lowest BCUT2D eigenvalue weighted by molar-refractivity contribution is -0.114. The smallest absolute Gasteiger partial charge is 0.264 e. The van der Waals surface area contributed by atoms with Gasteiger partial charge in [0, 0.05) is 22.6 Å². The Labute approximate surface area is 222 Å². The molecule has 3 aromatic carbocycles. The Kier molecular flexibility index (Phi) is 7.86. The number of carbonyl (C=O) groups excluding carboxylic acids is 1. The highest BCUT2D eigenvalue weighted by Crippen LogP contribution is 2.26. The van der Waals surface area contributed by atoms with Crippen LogP contribution in [-0.2, 0) is 24.8 Å². The van der Waals surface area contributed by atoms with Crippen molar-refractivity contribution in [3.05, 3.63) is 102 Å². The Morgan fingerprint density at radius 1 is 0.811 bits per heavy atom. The Balaban J connectivity index is 1.53. The van der Waals surface area contributed by atoms with Crippen LogP contribution in [-0.4, -0.2) is 39.3 Å². The minimum absolute atomic E-state index is 0.0345. The third-order valence-corrected chi connectivity index (χ3v) is 8.58. The Bertz CT molecular complexity index is 1600. The number of halogens is 1. The highest BCUT2D eigenvalue weighted by Gasteiger charge is 2.27. The molecule has 4 aromatic rings. The molecule has 0 saturated heterocycles. The van der Waals surface area contributed by atoms with Crippen molar-refractivity contribution in [2.75, 3.05) is 20.9 Å². The van der Waals surface area contributed by atoms with Crippen molar-refractivity contribution in [2.24, 2.45) is 0 Å². The van der Waals surface area contributed by atoms with E-state index in [2.05, 4.69) is 35.9 Å². The van der Waals surface area contributed by atoms with Crippen LogP contribution in [0.2, 0.25) is 0 Å². The van der Waals surface area contributed by atoms with Crippen LogP contribution in [0.15, 0.2) is 112 Å². The molecule has 0 unspecified atom stereocenters. The van der Waals surface area contributed by atoms with Crippen LogP contribution in [0.5, 0.6) is 0 Å². The van der Waals surface area contributed by atoms with Gasteiger partial charge in [0.2, 0.25) is 11.9 Å². The van der Waals surface area contributed by atoms with Crippen LogP contribution in [0.4, 0.5) is 17.3 Å². The fraction of sp³-hybridized carbons (Fsp3) is 0.0417. The maximum atomic E-state index is 13.4. The number of aromatic nitrogens is 2. The number of rotatable bonds is 9. The van der Waals surface area contributed by atoms with Crippen molar-refractivity contribution in [3.63, 3.8) is 0 Å². The van der Waals surface area contributed by atoms with Gasteiger partial charge in [0.05, 0.1) is 15.5 Å². The van der Waals surface area contributed by atoms with E-state index in [0.29, 0.717) is 10.2 Å². The zero-order chi connectivity index (χ0) is 26.5. The van der Waals surface area contributed by atoms with Gasteiger partial charge in [-0.2, -0.15) is 0 Å². The summed E-state index contributed by atoms with van der Waals surface area (Å²) in [5, 5.41) is 2.61. The van der Waals surface area contributed by atoms with Gasteiger partial charge in [-0.3, -0.25) is 9.10 Å². The summed E-state index contributed by atoms with van der Waals surface area (Å²) < 4.78 is 55.8. The SMILES string of the molecule is O=C(CN(c1cccc(Br)c1)S(=O)(=O)c1ccccc1)Nc1ccc(S(=O)(=O)Nc2ncccn2)cc1. The van der Waals surface area contributed by atoms with E-state index in [4.69, 9.17) is 0 Å². The fourth-order valence-electron chi connectivity index (χ4n) is 3.25. The molecule has 0 spiro atoms. The van der Waals surface area contributed by atoms with E-state index in [1.54, 1.807) is 48.5 Å². The first-order valence-corrected chi connectivity index (χ1v) is 14.4. The van der Waals surface area contributed by atoms with Crippen LogP contribution in [0, 0.1) is 0 Å². The number of amides is 1. The molecule has 1 amide bonds. The minimum Gasteiger partial charge on any atom is -0.325 e. The van der Waals surface area contributed by atoms with E-state index in [1.165, 1.54) is 48.8 Å². The van der Waals surface area contributed by atoms with Gasteiger partial charge < -0.3 is 5.32 Å². The average Bonchev–Trinajstić information content (AvgIpc) is 2.88. The Morgan fingerprint density at radius 3 is 2.14 bits per heavy atom. The number of sulfonamides is 2. The second kappa shape index (κ2) is 11.1. The lowest BCUT2D eigenvalue weighted by atomic mass is 10.3. The lowest BCUT2D eigenvalue weighted by Crippen LogP contribution is -2.38. The summed E-state index contributed by atoms with van der Waals surface area (Å²) in [4.78, 5) is 20.5. The van der Waals surface area contributed by atoms with Crippen molar-refractivity contribution in [2.45, 2.75) is 9.79 Å². The second-order valence-electron chi connectivity index (χ2n) is 7.56. The summed E-state index contributed by atoms with van der Waals surface area (Å²) >= 11 is 3.33. The first-order valence-electron chi connectivity index (χ1n) is 10.7. The van der Waals surface area contributed by atoms with E-state index in [1.807, 2.05) is 0 Å². The molecule has 0 saturated carbocycles. The third kappa shape index (κ3) is 6.50. The van der Waals surface area contributed by atoms with E-state index >= 15 is 0 Å². The predicted octanol–water partition coefficient (Wildman–Crippen LogP) is 3.87. The predicted molar refractivity (Wildman–Crippen MR) is 143 cm³/mol. The molecule has 4 rings (SSSR count). The van der Waals surface area contributed by atoms with Crippen LogP contribution < -0.4 is 14.3 Å². The number of hydrogen-bond donors (Lipinski definition) is 2.